The maximum Gasteiger partial charge on any atom is 0.0468 e. The highest BCUT2D eigenvalue weighted by Gasteiger charge is 2.10. The molecule has 3 nitrogen and oxygen atoms in total. The molecule has 0 radical (unpaired) electrons. The van der Waals surface area contributed by atoms with E-state index in [1.807, 2.05) is 0 Å². The first-order valence-corrected chi connectivity index (χ1v) is 5.17. The van der Waals surface area contributed by atoms with Gasteiger partial charge in [0, 0.05) is 19.7 Å². The second-order valence-electron chi connectivity index (χ2n) is 3.98. The van der Waals surface area contributed by atoms with E-state index in [-0.39, 0.29) is 6.61 Å². The molecule has 0 aromatic heterocycles. The third kappa shape index (κ3) is 6.02. The van der Waals surface area contributed by atoms with E-state index < -0.39 is 0 Å². The molecule has 2 unspecified atom stereocenters. The van der Waals surface area contributed by atoms with Crippen LogP contribution in [0.4, 0.5) is 0 Å². The number of aliphatic hydroxyl groups excluding tert-OH is 1. The zero-order valence-electron chi connectivity index (χ0n) is 9.16. The lowest BCUT2D eigenvalue weighted by Crippen LogP contribution is -2.35. The summed E-state index contributed by atoms with van der Waals surface area (Å²) in [5.74, 6) is 0.913. The fourth-order valence-electron chi connectivity index (χ4n) is 1.35. The van der Waals surface area contributed by atoms with Gasteiger partial charge in [-0.15, -0.1) is 0 Å². The van der Waals surface area contributed by atoms with Crippen molar-refractivity contribution in [3.63, 3.8) is 0 Å². The summed E-state index contributed by atoms with van der Waals surface area (Å²) in [6.07, 6.45) is 0. The molecule has 0 saturated heterocycles. The van der Waals surface area contributed by atoms with Gasteiger partial charge in [-0.05, 0) is 24.9 Å². The van der Waals surface area contributed by atoms with Crippen LogP contribution in [0, 0.1) is 11.8 Å². The molecule has 0 rings (SSSR count). The second-order valence-corrected chi connectivity index (χ2v) is 3.98. The van der Waals surface area contributed by atoms with Crippen molar-refractivity contribution in [2.24, 2.45) is 17.6 Å². The van der Waals surface area contributed by atoms with Crippen LogP contribution in [0.2, 0.25) is 0 Å². The molecule has 0 spiro atoms. The summed E-state index contributed by atoms with van der Waals surface area (Å²) in [6.45, 7) is 10.4. The standard InChI is InChI=1S/C10H24N2O/c1-4-12(6-9(2)5-11)7-10(3)8-13/h9-10,13H,4-8,11H2,1-3H3. The van der Waals surface area contributed by atoms with E-state index in [4.69, 9.17) is 10.8 Å². The van der Waals surface area contributed by atoms with Crippen LogP contribution in [0.1, 0.15) is 20.8 Å². The predicted molar refractivity (Wildman–Crippen MR) is 56.6 cm³/mol. The number of hydrogen-bond acceptors (Lipinski definition) is 3. The monoisotopic (exact) mass is 188 g/mol. The van der Waals surface area contributed by atoms with Crippen molar-refractivity contribution < 1.29 is 5.11 Å². The molecule has 3 N–H and O–H groups in total. The van der Waals surface area contributed by atoms with Crippen molar-refractivity contribution in [2.45, 2.75) is 20.8 Å². The van der Waals surface area contributed by atoms with Gasteiger partial charge in [-0.2, -0.15) is 0 Å². The maximum atomic E-state index is 8.92. The largest absolute Gasteiger partial charge is 0.396 e. The summed E-state index contributed by atoms with van der Waals surface area (Å²) in [6, 6.07) is 0. The Hall–Kier alpha value is -0.120. The highest BCUT2D eigenvalue weighted by Crippen LogP contribution is 2.02. The average molecular weight is 188 g/mol. The van der Waals surface area contributed by atoms with Crippen LogP contribution in [0.5, 0.6) is 0 Å². The van der Waals surface area contributed by atoms with Crippen molar-refractivity contribution in [1.29, 1.82) is 0 Å². The van der Waals surface area contributed by atoms with Crippen LogP contribution < -0.4 is 5.73 Å². The molecule has 0 fully saturated rings. The molecule has 0 aromatic carbocycles. The summed E-state index contributed by atoms with van der Waals surface area (Å²) in [7, 11) is 0. The van der Waals surface area contributed by atoms with E-state index in [9.17, 15) is 0 Å². The van der Waals surface area contributed by atoms with Gasteiger partial charge in [0.15, 0.2) is 0 Å². The van der Waals surface area contributed by atoms with Gasteiger partial charge >= 0.3 is 0 Å². The molecule has 0 saturated carbocycles. The van der Waals surface area contributed by atoms with Gasteiger partial charge in [0.1, 0.15) is 0 Å². The highest BCUT2D eigenvalue weighted by molar-refractivity contribution is 4.64. The molecule has 0 bridgehead atoms. The molecule has 0 amide bonds. The smallest absolute Gasteiger partial charge is 0.0468 e. The molecular formula is C10H24N2O. The van der Waals surface area contributed by atoms with E-state index in [0.717, 1.165) is 26.2 Å². The molecule has 0 aliphatic heterocycles. The SMILES string of the molecule is CCN(CC(C)CN)CC(C)CO. The third-order valence-electron chi connectivity index (χ3n) is 2.30. The van der Waals surface area contributed by atoms with E-state index in [2.05, 4.69) is 25.7 Å². The van der Waals surface area contributed by atoms with Crippen molar-refractivity contribution in [3.8, 4) is 0 Å². The van der Waals surface area contributed by atoms with Crippen molar-refractivity contribution in [1.82, 2.24) is 4.90 Å². The first kappa shape index (κ1) is 12.9. The molecule has 0 heterocycles. The number of aliphatic hydroxyl groups is 1. The number of nitrogens with two attached hydrogens (primary N) is 1. The zero-order chi connectivity index (χ0) is 10.3. The van der Waals surface area contributed by atoms with Gasteiger partial charge in [-0.1, -0.05) is 20.8 Å². The molecular weight excluding hydrogens is 164 g/mol. The Kier molecular flexibility index (Phi) is 7.23. The van der Waals surface area contributed by atoms with Crippen LogP contribution in [0.3, 0.4) is 0 Å². The van der Waals surface area contributed by atoms with Crippen LogP contribution in [0.15, 0.2) is 0 Å². The van der Waals surface area contributed by atoms with Crippen molar-refractivity contribution >= 4 is 0 Å². The first-order valence-electron chi connectivity index (χ1n) is 5.17. The lowest BCUT2D eigenvalue weighted by Gasteiger charge is -2.25. The Morgan fingerprint density at radius 2 is 1.77 bits per heavy atom. The Morgan fingerprint density at radius 1 is 1.23 bits per heavy atom. The minimum absolute atomic E-state index is 0.271. The summed E-state index contributed by atoms with van der Waals surface area (Å²) in [5, 5.41) is 8.92. The van der Waals surface area contributed by atoms with Gasteiger partial charge in [-0.3, -0.25) is 0 Å². The summed E-state index contributed by atoms with van der Waals surface area (Å²) in [5.41, 5.74) is 5.56. The normalized spacial score (nSPS) is 16.2. The minimum atomic E-state index is 0.271. The van der Waals surface area contributed by atoms with Gasteiger partial charge in [-0.25, -0.2) is 0 Å². The maximum absolute atomic E-state index is 8.92. The Morgan fingerprint density at radius 3 is 2.15 bits per heavy atom. The van der Waals surface area contributed by atoms with E-state index in [0.29, 0.717) is 11.8 Å². The number of rotatable bonds is 7. The van der Waals surface area contributed by atoms with Crippen molar-refractivity contribution in [3.05, 3.63) is 0 Å². The summed E-state index contributed by atoms with van der Waals surface area (Å²) in [4.78, 5) is 2.35. The number of nitrogens with zero attached hydrogens (tertiary/aromatic N) is 1. The molecule has 80 valence electrons. The lowest BCUT2D eigenvalue weighted by molar-refractivity contribution is 0.166. The quantitative estimate of drug-likeness (QED) is 0.613. The van der Waals surface area contributed by atoms with Crippen LogP contribution >= 0.6 is 0 Å². The van der Waals surface area contributed by atoms with E-state index in [1.54, 1.807) is 0 Å². The van der Waals surface area contributed by atoms with Gasteiger partial charge in [0.05, 0.1) is 0 Å². The molecule has 0 aliphatic rings. The molecule has 13 heavy (non-hydrogen) atoms. The fourth-order valence-corrected chi connectivity index (χ4v) is 1.35. The number of hydrogen-bond donors (Lipinski definition) is 2. The zero-order valence-corrected chi connectivity index (χ0v) is 9.16. The fraction of sp³-hybridized carbons (Fsp3) is 1.00. The Labute approximate surface area is 81.9 Å². The molecule has 0 aliphatic carbocycles. The summed E-state index contributed by atoms with van der Waals surface area (Å²) >= 11 is 0. The topological polar surface area (TPSA) is 49.5 Å². The van der Waals surface area contributed by atoms with Crippen LogP contribution in [0.25, 0.3) is 0 Å². The van der Waals surface area contributed by atoms with E-state index in [1.165, 1.54) is 0 Å². The second kappa shape index (κ2) is 7.30. The predicted octanol–water partition coefficient (Wildman–Crippen LogP) is 0.532. The average Bonchev–Trinajstić information content (AvgIpc) is 2.16. The molecule has 0 aromatic rings. The van der Waals surface area contributed by atoms with E-state index >= 15 is 0 Å². The van der Waals surface area contributed by atoms with Gasteiger partial charge in [0.2, 0.25) is 0 Å². The Bertz CT molecular complexity index is 107. The summed E-state index contributed by atoms with van der Waals surface area (Å²) < 4.78 is 0. The van der Waals surface area contributed by atoms with Gasteiger partial charge in [0.25, 0.3) is 0 Å². The van der Waals surface area contributed by atoms with Gasteiger partial charge < -0.3 is 15.7 Å². The molecule has 3 heteroatoms. The third-order valence-corrected chi connectivity index (χ3v) is 2.30. The first-order chi connectivity index (χ1) is 6.13. The van der Waals surface area contributed by atoms with Crippen LogP contribution in [-0.2, 0) is 0 Å². The van der Waals surface area contributed by atoms with Crippen molar-refractivity contribution in [2.75, 3.05) is 32.8 Å². The molecule has 2 atom stereocenters. The Balaban J connectivity index is 3.74. The lowest BCUT2D eigenvalue weighted by atomic mass is 10.1. The highest BCUT2D eigenvalue weighted by atomic mass is 16.3. The minimum Gasteiger partial charge on any atom is -0.396 e. The van der Waals surface area contributed by atoms with Crippen LogP contribution in [-0.4, -0.2) is 42.8 Å².